The van der Waals surface area contributed by atoms with Crippen LogP contribution in [-0.2, 0) is 0 Å². The number of hydrogen-bond acceptors (Lipinski definition) is 2. The van der Waals surface area contributed by atoms with Gasteiger partial charge in [0.2, 0.25) is 0 Å². The summed E-state index contributed by atoms with van der Waals surface area (Å²) in [6.45, 7) is -1.52. The fourth-order valence-corrected chi connectivity index (χ4v) is 5.08. The lowest BCUT2D eigenvalue weighted by atomic mass is 9.80. The first-order valence-electron chi connectivity index (χ1n) is 11.1. The van der Waals surface area contributed by atoms with Crippen LogP contribution >= 0.6 is 0 Å². The molecule has 2 aromatic rings. The maximum atomic E-state index is 13.6. The van der Waals surface area contributed by atoms with Gasteiger partial charge in [0.25, 0.3) is 0 Å². The van der Waals surface area contributed by atoms with Gasteiger partial charge >= 0.3 is 0 Å². The molecule has 1 aliphatic heterocycles. The molecule has 2 heterocycles. The van der Waals surface area contributed by atoms with E-state index in [1.165, 1.54) is 31.2 Å². The van der Waals surface area contributed by atoms with Crippen molar-refractivity contribution in [2.75, 3.05) is 13.3 Å². The van der Waals surface area contributed by atoms with E-state index < -0.39 is 19.4 Å². The molecule has 1 unspecified atom stereocenters. The minimum Gasteiger partial charge on any atom is -0.357 e. The van der Waals surface area contributed by atoms with Gasteiger partial charge in [-0.3, -0.25) is 0 Å². The molecule has 2 aliphatic carbocycles. The Kier molecular flexibility index (Phi) is 5.10. The van der Waals surface area contributed by atoms with E-state index in [0.29, 0.717) is 17.5 Å². The normalized spacial score (nSPS) is 21.8. The van der Waals surface area contributed by atoms with Crippen molar-refractivity contribution in [2.24, 2.45) is 0 Å². The summed E-state index contributed by atoms with van der Waals surface area (Å²) >= 11 is 0. The fraction of sp³-hybridized carbons (Fsp3) is 0.480. The van der Waals surface area contributed by atoms with Gasteiger partial charge in [-0.15, -0.1) is 0 Å². The van der Waals surface area contributed by atoms with Crippen LogP contribution in [0.5, 0.6) is 0 Å². The smallest absolute Gasteiger partial charge is 0.112 e. The van der Waals surface area contributed by atoms with Gasteiger partial charge in [0.1, 0.15) is 19.4 Å². The van der Waals surface area contributed by atoms with Crippen molar-refractivity contribution in [3.05, 3.63) is 59.4 Å². The highest BCUT2D eigenvalue weighted by Gasteiger charge is 2.35. The highest BCUT2D eigenvalue weighted by molar-refractivity contribution is 5.89. The number of halogens is 2. The van der Waals surface area contributed by atoms with Crippen LogP contribution in [0, 0.1) is 11.3 Å². The summed E-state index contributed by atoms with van der Waals surface area (Å²) in [4.78, 5) is 1.75. The van der Waals surface area contributed by atoms with E-state index in [1.54, 1.807) is 11.1 Å². The molecule has 0 spiro atoms. The molecule has 5 heteroatoms. The molecule has 0 bridgehead atoms. The molecule has 5 rings (SSSR count). The molecule has 2 fully saturated rings. The Morgan fingerprint density at radius 2 is 1.83 bits per heavy atom. The van der Waals surface area contributed by atoms with E-state index in [9.17, 15) is 14.0 Å². The predicted molar refractivity (Wildman–Crippen MR) is 115 cm³/mol. The van der Waals surface area contributed by atoms with E-state index in [1.807, 2.05) is 18.2 Å². The SMILES string of the molecule is N#Cc1c(C2C=CC=CN2C(CF)CF)n(C2CCC2)c2cc(C3CCC3)ccc12. The molecule has 3 aliphatic rings. The summed E-state index contributed by atoms with van der Waals surface area (Å²) in [5, 5.41) is 11.1. The molecule has 3 nitrogen and oxygen atoms in total. The maximum absolute atomic E-state index is 13.6. The van der Waals surface area contributed by atoms with Gasteiger partial charge in [-0.1, -0.05) is 30.7 Å². The monoisotopic (exact) mass is 407 g/mol. The minimum absolute atomic E-state index is 0.344. The summed E-state index contributed by atoms with van der Waals surface area (Å²) in [6.07, 6.45) is 14.5. The first kappa shape index (κ1) is 19.4. The largest absolute Gasteiger partial charge is 0.357 e. The van der Waals surface area contributed by atoms with Gasteiger partial charge in [-0.05, 0) is 55.7 Å². The van der Waals surface area contributed by atoms with Gasteiger partial charge in [-0.2, -0.15) is 5.26 Å². The Labute approximate surface area is 176 Å². The predicted octanol–water partition coefficient (Wildman–Crippen LogP) is 6.24. The molecule has 156 valence electrons. The van der Waals surface area contributed by atoms with Crippen LogP contribution < -0.4 is 0 Å². The quantitative estimate of drug-likeness (QED) is 0.568. The molecule has 0 saturated heterocycles. The van der Waals surface area contributed by atoms with Crippen LogP contribution in [0.15, 0.2) is 42.6 Å². The van der Waals surface area contributed by atoms with E-state index in [2.05, 4.69) is 28.8 Å². The Morgan fingerprint density at radius 3 is 2.43 bits per heavy atom. The van der Waals surface area contributed by atoms with Gasteiger partial charge in [-0.25, -0.2) is 8.78 Å². The van der Waals surface area contributed by atoms with Crippen molar-refractivity contribution >= 4 is 10.9 Å². The molecule has 30 heavy (non-hydrogen) atoms. The maximum Gasteiger partial charge on any atom is 0.112 e. The number of allylic oxidation sites excluding steroid dienone is 2. The van der Waals surface area contributed by atoms with E-state index in [4.69, 9.17) is 0 Å². The highest BCUT2D eigenvalue weighted by Crippen LogP contribution is 2.45. The van der Waals surface area contributed by atoms with E-state index in [-0.39, 0.29) is 6.04 Å². The Balaban J connectivity index is 1.71. The lowest BCUT2D eigenvalue weighted by molar-refractivity contribution is 0.156. The second kappa shape index (κ2) is 7.91. The minimum atomic E-state index is -0.846. The molecular formula is C25H27F2N3. The highest BCUT2D eigenvalue weighted by atomic mass is 19.1. The third-order valence-electron chi connectivity index (χ3n) is 7.24. The van der Waals surface area contributed by atoms with Crippen molar-refractivity contribution in [3.8, 4) is 6.07 Å². The molecule has 0 N–H and O–H groups in total. The molecule has 1 aromatic carbocycles. The van der Waals surface area contributed by atoms with Crippen molar-refractivity contribution in [1.82, 2.24) is 9.47 Å². The first-order chi connectivity index (χ1) is 14.8. The third-order valence-corrected chi connectivity index (χ3v) is 7.24. The summed E-state index contributed by atoms with van der Waals surface area (Å²) in [6, 6.07) is 8.13. The zero-order valence-corrected chi connectivity index (χ0v) is 17.1. The number of benzene rings is 1. The zero-order chi connectivity index (χ0) is 20.7. The summed E-state index contributed by atoms with van der Waals surface area (Å²) in [7, 11) is 0. The number of hydrogen-bond donors (Lipinski definition) is 0. The topological polar surface area (TPSA) is 32.0 Å². The second-order valence-electron chi connectivity index (χ2n) is 8.81. The second-order valence-corrected chi connectivity index (χ2v) is 8.81. The van der Waals surface area contributed by atoms with Crippen molar-refractivity contribution < 1.29 is 8.78 Å². The Hall–Kier alpha value is -2.61. The average molecular weight is 408 g/mol. The standard InChI is InChI=1S/C25H27F2N3/c26-14-20(15-27)29-12-2-1-9-23(29)25-22(16-28)21-11-10-18(17-5-3-6-17)13-24(21)30(25)19-7-4-8-19/h1-2,9-13,17,19-20,23H,3-8,14-15H2. The number of fused-ring (bicyclic) bond motifs is 1. The molecule has 0 radical (unpaired) electrons. The molecule has 0 amide bonds. The van der Waals surface area contributed by atoms with Gasteiger partial charge < -0.3 is 9.47 Å². The van der Waals surface area contributed by atoms with Gasteiger partial charge in [0, 0.05) is 17.6 Å². The molecule has 1 aromatic heterocycles. The third kappa shape index (κ3) is 2.96. The number of alkyl halides is 2. The average Bonchev–Trinajstić information content (AvgIpc) is 3.00. The first-order valence-corrected chi connectivity index (χ1v) is 11.1. The molecular weight excluding hydrogens is 380 g/mol. The van der Waals surface area contributed by atoms with Crippen LogP contribution in [0.2, 0.25) is 0 Å². The van der Waals surface area contributed by atoms with Crippen LogP contribution in [0.25, 0.3) is 10.9 Å². The lowest BCUT2D eigenvalue weighted by Crippen LogP contribution is -2.39. The molecule has 2 saturated carbocycles. The number of aromatic nitrogens is 1. The van der Waals surface area contributed by atoms with Crippen LogP contribution in [-0.4, -0.2) is 28.9 Å². The summed E-state index contributed by atoms with van der Waals surface area (Å²) in [5.41, 5.74) is 3.98. The molecule has 1 atom stereocenters. The van der Waals surface area contributed by atoms with Crippen molar-refractivity contribution in [1.29, 1.82) is 5.26 Å². The van der Waals surface area contributed by atoms with Crippen molar-refractivity contribution in [2.45, 2.75) is 62.6 Å². The number of rotatable bonds is 6. The van der Waals surface area contributed by atoms with E-state index in [0.717, 1.165) is 29.4 Å². The van der Waals surface area contributed by atoms with Gasteiger partial charge in [0.05, 0.1) is 28.9 Å². The van der Waals surface area contributed by atoms with Gasteiger partial charge in [0.15, 0.2) is 0 Å². The fourth-order valence-electron chi connectivity index (χ4n) is 5.08. The lowest BCUT2D eigenvalue weighted by Gasteiger charge is -2.38. The Bertz CT molecular complexity index is 1030. The number of nitriles is 1. The van der Waals surface area contributed by atoms with Crippen LogP contribution in [0.1, 0.15) is 73.3 Å². The summed E-state index contributed by atoms with van der Waals surface area (Å²) < 4.78 is 29.6. The number of nitrogens with zero attached hydrogens (tertiary/aromatic N) is 3. The zero-order valence-electron chi connectivity index (χ0n) is 17.1. The Morgan fingerprint density at radius 1 is 1.07 bits per heavy atom. The summed E-state index contributed by atoms with van der Waals surface area (Å²) in [5.74, 6) is 0.615. The van der Waals surface area contributed by atoms with Crippen molar-refractivity contribution in [3.63, 3.8) is 0 Å². The van der Waals surface area contributed by atoms with Crippen LogP contribution in [0.3, 0.4) is 0 Å². The van der Waals surface area contributed by atoms with Crippen LogP contribution in [0.4, 0.5) is 8.78 Å². The van der Waals surface area contributed by atoms with E-state index >= 15 is 0 Å².